The number of aryl methyl sites for hydroxylation is 1. The van der Waals surface area contributed by atoms with Gasteiger partial charge in [0.25, 0.3) is 0 Å². The zero-order chi connectivity index (χ0) is 9.84. The van der Waals surface area contributed by atoms with Gasteiger partial charge in [-0.2, -0.15) is 0 Å². The van der Waals surface area contributed by atoms with E-state index in [1.54, 1.807) is 6.07 Å². The Balaban J connectivity index is 0.00000169. The Morgan fingerprint density at radius 1 is 1.36 bits per heavy atom. The lowest BCUT2D eigenvalue weighted by molar-refractivity contribution is -0.00000389. The van der Waals surface area contributed by atoms with Crippen LogP contribution in [0.1, 0.15) is 18.1 Å². The number of benzene rings is 1. The molecule has 1 rings (SSSR count). The van der Waals surface area contributed by atoms with Crippen molar-refractivity contribution in [3.63, 3.8) is 0 Å². The summed E-state index contributed by atoms with van der Waals surface area (Å²) in [6, 6.07) is 5.71. The fraction of sp³-hybridized carbons (Fsp3) is 0.455. The Kier molecular flexibility index (Phi) is 6.11. The van der Waals surface area contributed by atoms with Crippen LogP contribution < -0.4 is 24.0 Å². The third kappa shape index (κ3) is 3.84. The summed E-state index contributed by atoms with van der Waals surface area (Å²) in [5, 5.41) is 9.55. The van der Waals surface area contributed by atoms with Crippen molar-refractivity contribution < 1.29 is 29.1 Å². The molecule has 3 heteroatoms. The van der Waals surface area contributed by atoms with Crippen LogP contribution in [0.15, 0.2) is 18.2 Å². The lowest BCUT2D eigenvalue weighted by atomic mass is 10.1. The van der Waals surface area contributed by atoms with Gasteiger partial charge in [0.2, 0.25) is 0 Å². The summed E-state index contributed by atoms with van der Waals surface area (Å²) in [5.74, 6) is 0.394. The second-order valence-corrected chi connectivity index (χ2v) is 3.46. The number of phenolic OH excluding ortho intramolecular Hbond substituents is 1. The summed E-state index contributed by atoms with van der Waals surface area (Å²) in [4.78, 5) is 2.16. The molecule has 0 spiro atoms. The molecule has 0 radical (unpaired) electrons. The van der Waals surface area contributed by atoms with Gasteiger partial charge in [0.1, 0.15) is 5.75 Å². The van der Waals surface area contributed by atoms with E-state index in [-0.39, 0.29) is 24.0 Å². The van der Waals surface area contributed by atoms with Gasteiger partial charge in [-0.15, -0.1) is 0 Å². The first kappa shape index (κ1) is 13.7. The van der Waals surface area contributed by atoms with Crippen molar-refractivity contribution in [1.82, 2.24) is 4.90 Å². The van der Waals surface area contributed by atoms with Gasteiger partial charge in [-0.25, -0.2) is 0 Å². The maximum atomic E-state index is 9.55. The van der Waals surface area contributed by atoms with Gasteiger partial charge in [-0.3, -0.25) is 0 Å². The highest BCUT2D eigenvalue weighted by Crippen LogP contribution is 2.19. The zero-order valence-corrected chi connectivity index (χ0v) is 11.1. The van der Waals surface area contributed by atoms with Crippen molar-refractivity contribution in [3.05, 3.63) is 29.3 Å². The minimum Gasteiger partial charge on any atom is -1.00 e. The Bertz CT molecular complexity index is 289. The van der Waals surface area contributed by atoms with Crippen LogP contribution in [0.2, 0.25) is 0 Å². The van der Waals surface area contributed by atoms with Crippen molar-refractivity contribution in [2.24, 2.45) is 0 Å². The third-order valence-corrected chi connectivity index (χ3v) is 2.22. The van der Waals surface area contributed by atoms with Crippen LogP contribution in [-0.2, 0) is 6.54 Å². The van der Waals surface area contributed by atoms with Crippen LogP contribution in [0.3, 0.4) is 0 Å². The molecule has 0 atom stereocenters. The largest absolute Gasteiger partial charge is 1.00 e. The average Bonchev–Trinajstić information content (AvgIpc) is 2.11. The van der Waals surface area contributed by atoms with E-state index in [4.69, 9.17) is 0 Å². The third-order valence-electron chi connectivity index (χ3n) is 2.22. The second-order valence-electron chi connectivity index (χ2n) is 3.46. The quantitative estimate of drug-likeness (QED) is 0.736. The molecule has 0 fully saturated rings. The van der Waals surface area contributed by atoms with Gasteiger partial charge in [0.05, 0.1) is 0 Å². The summed E-state index contributed by atoms with van der Waals surface area (Å²) in [7, 11) is 2.04. The Morgan fingerprint density at radius 2 is 2.00 bits per heavy atom. The highest BCUT2D eigenvalue weighted by atomic mass is 127. The van der Waals surface area contributed by atoms with Crippen LogP contribution in [0.4, 0.5) is 0 Å². The number of aromatic hydroxyl groups is 1. The number of hydrogen-bond donors (Lipinski definition) is 1. The van der Waals surface area contributed by atoms with Crippen molar-refractivity contribution in [2.45, 2.75) is 20.4 Å². The molecule has 0 aromatic heterocycles. The summed E-state index contributed by atoms with van der Waals surface area (Å²) in [6.45, 7) is 5.94. The molecule has 1 aromatic rings. The molecule has 0 unspecified atom stereocenters. The van der Waals surface area contributed by atoms with Crippen LogP contribution in [-0.4, -0.2) is 23.6 Å². The molecule has 0 bridgehead atoms. The molecule has 0 aliphatic heterocycles. The molecule has 1 aromatic carbocycles. The number of phenols is 1. The summed E-state index contributed by atoms with van der Waals surface area (Å²) >= 11 is 0. The number of nitrogens with zero attached hydrogens (tertiary/aromatic N) is 1. The van der Waals surface area contributed by atoms with E-state index in [2.05, 4.69) is 11.8 Å². The zero-order valence-electron chi connectivity index (χ0n) is 8.92. The van der Waals surface area contributed by atoms with Gasteiger partial charge in [0, 0.05) is 12.1 Å². The fourth-order valence-corrected chi connectivity index (χ4v) is 1.24. The van der Waals surface area contributed by atoms with Gasteiger partial charge < -0.3 is 34.0 Å². The van der Waals surface area contributed by atoms with E-state index >= 15 is 0 Å². The van der Waals surface area contributed by atoms with Crippen molar-refractivity contribution >= 4 is 0 Å². The van der Waals surface area contributed by atoms with Crippen LogP contribution in [0, 0.1) is 6.92 Å². The first-order valence-corrected chi connectivity index (χ1v) is 4.60. The van der Waals surface area contributed by atoms with Gasteiger partial charge in [-0.1, -0.05) is 24.6 Å². The van der Waals surface area contributed by atoms with E-state index in [0.717, 1.165) is 18.7 Å². The molecule has 0 saturated heterocycles. The first-order chi connectivity index (χ1) is 6.13. The van der Waals surface area contributed by atoms with Crippen molar-refractivity contribution in [3.8, 4) is 5.75 Å². The van der Waals surface area contributed by atoms with E-state index in [0.29, 0.717) is 5.75 Å². The maximum absolute atomic E-state index is 9.55. The number of hydrogen-bond acceptors (Lipinski definition) is 2. The van der Waals surface area contributed by atoms with Crippen LogP contribution in [0.25, 0.3) is 0 Å². The van der Waals surface area contributed by atoms with E-state index in [1.807, 2.05) is 26.1 Å². The Morgan fingerprint density at radius 3 is 2.57 bits per heavy atom. The molecule has 1 N–H and O–H groups in total. The maximum Gasteiger partial charge on any atom is 0.120 e. The molecule has 14 heavy (non-hydrogen) atoms. The molecule has 0 amide bonds. The minimum atomic E-state index is 0. The van der Waals surface area contributed by atoms with Gasteiger partial charge in [0.15, 0.2) is 0 Å². The summed E-state index contributed by atoms with van der Waals surface area (Å²) in [6.07, 6.45) is 0. The van der Waals surface area contributed by atoms with Gasteiger partial charge in [-0.05, 0) is 26.6 Å². The van der Waals surface area contributed by atoms with Crippen LogP contribution in [0.5, 0.6) is 5.75 Å². The smallest absolute Gasteiger partial charge is 0.120 e. The lowest BCUT2D eigenvalue weighted by Gasteiger charge is -2.15. The highest BCUT2D eigenvalue weighted by molar-refractivity contribution is 5.35. The molecular weight excluding hydrogens is 289 g/mol. The normalized spacial score (nSPS) is 10.0. The first-order valence-electron chi connectivity index (χ1n) is 4.60. The molecule has 0 heterocycles. The van der Waals surface area contributed by atoms with Crippen molar-refractivity contribution in [2.75, 3.05) is 13.6 Å². The predicted octanol–water partition coefficient (Wildman–Crippen LogP) is -0.844. The lowest BCUT2D eigenvalue weighted by Crippen LogP contribution is -3.00. The molecule has 0 saturated carbocycles. The Labute approximate surface area is 103 Å². The Hall–Kier alpha value is -0.290. The summed E-state index contributed by atoms with van der Waals surface area (Å²) < 4.78 is 0. The van der Waals surface area contributed by atoms with E-state index < -0.39 is 0 Å². The van der Waals surface area contributed by atoms with E-state index in [1.165, 1.54) is 5.56 Å². The molecular formula is C11H17INO-. The number of rotatable bonds is 3. The topological polar surface area (TPSA) is 23.5 Å². The number of halogens is 1. The molecule has 0 aliphatic carbocycles. The second kappa shape index (κ2) is 6.24. The summed E-state index contributed by atoms with van der Waals surface area (Å²) in [5.41, 5.74) is 2.20. The fourth-order valence-electron chi connectivity index (χ4n) is 1.24. The van der Waals surface area contributed by atoms with Crippen molar-refractivity contribution in [1.29, 1.82) is 0 Å². The van der Waals surface area contributed by atoms with Gasteiger partial charge >= 0.3 is 0 Å². The standard InChI is InChI=1S/C11H17NO.HI/c1-4-12(3)8-10-7-9(2)5-6-11(10)13;/h5-7,13H,4,8H2,1-3H3;1H/p-1. The predicted molar refractivity (Wildman–Crippen MR) is 54.9 cm³/mol. The highest BCUT2D eigenvalue weighted by Gasteiger charge is 2.03. The molecule has 2 nitrogen and oxygen atoms in total. The van der Waals surface area contributed by atoms with Crippen LogP contribution >= 0.6 is 0 Å². The minimum absolute atomic E-state index is 0. The average molecular weight is 306 g/mol. The SMILES string of the molecule is CCN(C)Cc1cc(C)ccc1O.[I-]. The monoisotopic (exact) mass is 306 g/mol. The molecule has 0 aliphatic rings. The molecule has 80 valence electrons. The van der Waals surface area contributed by atoms with E-state index in [9.17, 15) is 5.11 Å².